The van der Waals surface area contributed by atoms with E-state index < -0.39 is 0 Å². The van der Waals surface area contributed by atoms with Crippen molar-refractivity contribution in [3.63, 3.8) is 0 Å². The first-order valence-electron chi connectivity index (χ1n) is 6.67. The second-order valence-electron chi connectivity index (χ2n) is 4.61. The summed E-state index contributed by atoms with van der Waals surface area (Å²) in [7, 11) is 0. The van der Waals surface area contributed by atoms with Crippen LogP contribution >= 0.6 is 11.6 Å². The van der Waals surface area contributed by atoms with Crippen LogP contribution in [0.2, 0.25) is 5.02 Å². The number of pyridine rings is 2. The van der Waals surface area contributed by atoms with E-state index in [0.29, 0.717) is 16.3 Å². The molecule has 0 aliphatic carbocycles. The van der Waals surface area contributed by atoms with Gasteiger partial charge in [0, 0.05) is 16.8 Å². The quantitative estimate of drug-likeness (QED) is 0.794. The molecule has 0 radical (unpaired) electrons. The summed E-state index contributed by atoms with van der Waals surface area (Å²) < 4.78 is 0. The van der Waals surface area contributed by atoms with E-state index in [1.165, 1.54) is 0 Å². The van der Waals surface area contributed by atoms with Crippen molar-refractivity contribution in [3.8, 4) is 11.4 Å². The van der Waals surface area contributed by atoms with Crippen molar-refractivity contribution in [2.75, 3.05) is 5.32 Å². The molecular weight excluding hydrogens is 298 g/mol. The number of aromatic nitrogens is 2. The first-order valence-corrected chi connectivity index (χ1v) is 7.04. The molecule has 3 aromatic rings. The number of nitrogens with zero attached hydrogens (tertiary/aromatic N) is 2. The van der Waals surface area contributed by atoms with Gasteiger partial charge in [0.1, 0.15) is 0 Å². The van der Waals surface area contributed by atoms with E-state index in [2.05, 4.69) is 15.3 Å². The van der Waals surface area contributed by atoms with Gasteiger partial charge in [0.25, 0.3) is 5.91 Å². The largest absolute Gasteiger partial charge is 0.321 e. The Labute approximate surface area is 132 Å². The van der Waals surface area contributed by atoms with Gasteiger partial charge < -0.3 is 5.32 Å². The fourth-order valence-electron chi connectivity index (χ4n) is 1.94. The van der Waals surface area contributed by atoms with Gasteiger partial charge >= 0.3 is 0 Å². The maximum atomic E-state index is 12.1. The zero-order valence-electron chi connectivity index (χ0n) is 11.5. The molecule has 0 fully saturated rings. The number of anilines is 1. The van der Waals surface area contributed by atoms with Gasteiger partial charge in [-0.05, 0) is 48.5 Å². The predicted molar refractivity (Wildman–Crippen MR) is 86.9 cm³/mol. The van der Waals surface area contributed by atoms with E-state index in [0.717, 1.165) is 11.4 Å². The summed E-state index contributed by atoms with van der Waals surface area (Å²) in [6, 6.07) is 16.0. The summed E-state index contributed by atoms with van der Waals surface area (Å²) in [5, 5.41) is 3.39. The second kappa shape index (κ2) is 6.37. The maximum Gasteiger partial charge on any atom is 0.255 e. The molecule has 22 heavy (non-hydrogen) atoms. The second-order valence-corrected chi connectivity index (χ2v) is 5.04. The van der Waals surface area contributed by atoms with Crippen LogP contribution in [0, 0.1) is 0 Å². The fourth-order valence-corrected chi connectivity index (χ4v) is 2.06. The first-order chi connectivity index (χ1) is 10.7. The molecule has 1 N–H and O–H groups in total. The van der Waals surface area contributed by atoms with E-state index in [9.17, 15) is 4.79 Å². The average molecular weight is 310 g/mol. The number of hydrogen-bond donors (Lipinski definition) is 1. The molecule has 0 spiro atoms. The number of rotatable bonds is 3. The fraction of sp³-hybridized carbons (Fsp3) is 0. The Morgan fingerprint density at radius 2 is 1.68 bits per heavy atom. The third-order valence-electron chi connectivity index (χ3n) is 3.06. The van der Waals surface area contributed by atoms with E-state index >= 15 is 0 Å². The van der Waals surface area contributed by atoms with Crippen LogP contribution in [0.25, 0.3) is 11.4 Å². The van der Waals surface area contributed by atoms with Gasteiger partial charge in [-0.25, -0.2) is 0 Å². The maximum absolute atomic E-state index is 12.1. The molecule has 1 amide bonds. The number of amides is 1. The third kappa shape index (κ3) is 3.30. The number of halogens is 1. The standard InChI is InChI=1S/C17H12ClN3O/c18-13-6-4-12(5-7-13)17(22)21-14-8-9-16(20-11-14)15-3-1-2-10-19-15/h1-11H,(H,21,22). The molecule has 0 saturated heterocycles. The summed E-state index contributed by atoms with van der Waals surface area (Å²) in [6.45, 7) is 0. The number of carbonyl (C=O) groups is 1. The summed E-state index contributed by atoms with van der Waals surface area (Å²) in [6.07, 6.45) is 3.32. The molecular formula is C17H12ClN3O. The molecule has 0 unspecified atom stereocenters. The van der Waals surface area contributed by atoms with Gasteiger partial charge in [0.05, 0.1) is 23.3 Å². The minimum absolute atomic E-state index is 0.205. The molecule has 0 aliphatic rings. The Kier molecular flexibility index (Phi) is 4.12. The van der Waals surface area contributed by atoms with Crippen LogP contribution in [-0.2, 0) is 0 Å². The van der Waals surface area contributed by atoms with Crippen molar-refractivity contribution in [3.05, 3.63) is 77.6 Å². The number of benzene rings is 1. The van der Waals surface area contributed by atoms with Gasteiger partial charge in [0.15, 0.2) is 0 Å². The number of hydrogen-bond acceptors (Lipinski definition) is 3. The van der Waals surface area contributed by atoms with Crippen LogP contribution in [-0.4, -0.2) is 15.9 Å². The van der Waals surface area contributed by atoms with Crippen LogP contribution in [0.15, 0.2) is 67.0 Å². The monoisotopic (exact) mass is 309 g/mol. The van der Waals surface area contributed by atoms with Crippen molar-refractivity contribution in [2.24, 2.45) is 0 Å². The molecule has 108 valence electrons. The zero-order chi connectivity index (χ0) is 15.4. The highest BCUT2D eigenvalue weighted by Crippen LogP contribution is 2.17. The van der Waals surface area contributed by atoms with E-state index in [1.54, 1.807) is 42.7 Å². The van der Waals surface area contributed by atoms with Crippen molar-refractivity contribution in [1.82, 2.24) is 9.97 Å². The Morgan fingerprint density at radius 3 is 2.32 bits per heavy atom. The minimum atomic E-state index is -0.205. The van der Waals surface area contributed by atoms with Gasteiger partial charge in [-0.3, -0.25) is 14.8 Å². The molecule has 1 aromatic carbocycles. The molecule has 0 atom stereocenters. The molecule has 0 aliphatic heterocycles. The van der Waals surface area contributed by atoms with Crippen LogP contribution in [0.4, 0.5) is 5.69 Å². The molecule has 0 saturated carbocycles. The lowest BCUT2D eigenvalue weighted by Crippen LogP contribution is -2.11. The SMILES string of the molecule is O=C(Nc1ccc(-c2ccccn2)nc1)c1ccc(Cl)cc1. The van der Waals surface area contributed by atoms with E-state index in [4.69, 9.17) is 11.6 Å². The van der Waals surface area contributed by atoms with E-state index in [1.807, 2.05) is 24.3 Å². The van der Waals surface area contributed by atoms with Gasteiger partial charge in [-0.15, -0.1) is 0 Å². The minimum Gasteiger partial charge on any atom is -0.321 e. The highest BCUT2D eigenvalue weighted by molar-refractivity contribution is 6.30. The Hall–Kier alpha value is -2.72. The highest BCUT2D eigenvalue weighted by Gasteiger charge is 2.06. The van der Waals surface area contributed by atoms with Gasteiger partial charge in [-0.2, -0.15) is 0 Å². The summed E-state index contributed by atoms with van der Waals surface area (Å²) in [5.74, 6) is -0.205. The van der Waals surface area contributed by atoms with Crippen LogP contribution in [0.1, 0.15) is 10.4 Å². The lowest BCUT2D eigenvalue weighted by molar-refractivity contribution is 0.102. The third-order valence-corrected chi connectivity index (χ3v) is 3.31. The lowest BCUT2D eigenvalue weighted by atomic mass is 10.2. The predicted octanol–water partition coefficient (Wildman–Crippen LogP) is 4.05. The molecule has 0 bridgehead atoms. The highest BCUT2D eigenvalue weighted by atomic mass is 35.5. The number of nitrogens with one attached hydrogen (secondary N) is 1. The van der Waals surface area contributed by atoms with Crippen molar-refractivity contribution in [2.45, 2.75) is 0 Å². The molecule has 2 heterocycles. The summed E-state index contributed by atoms with van der Waals surface area (Å²) in [4.78, 5) is 20.6. The van der Waals surface area contributed by atoms with Gasteiger partial charge in [-0.1, -0.05) is 17.7 Å². The summed E-state index contributed by atoms with van der Waals surface area (Å²) >= 11 is 5.80. The molecule has 3 rings (SSSR count). The van der Waals surface area contributed by atoms with E-state index in [-0.39, 0.29) is 5.91 Å². The number of carbonyl (C=O) groups excluding carboxylic acids is 1. The van der Waals surface area contributed by atoms with Crippen LogP contribution in [0.5, 0.6) is 0 Å². The van der Waals surface area contributed by atoms with Crippen LogP contribution in [0.3, 0.4) is 0 Å². The summed E-state index contributed by atoms with van der Waals surface area (Å²) in [5.41, 5.74) is 2.71. The molecule has 4 nitrogen and oxygen atoms in total. The zero-order valence-corrected chi connectivity index (χ0v) is 12.3. The topological polar surface area (TPSA) is 54.9 Å². The first kappa shape index (κ1) is 14.2. The Morgan fingerprint density at radius 1 is 0.909 bits per heavy atom. The van der Waals surface area contributed by atoms with Crippen molar-refractivity contribution < 1.29 is 4.79 Å². The molecule has 5 heteroatoms. The molecule has 2 aromatic heterocycles. The van der Waals surface area contributed by atoms with Gasteiger partial charge in [0.2, 0.25) is 0 Å². The normalized spacial score (nSPS) is 10.2. The Bertz CT molecular complexity index is 771. The lowest BCUT2D eigenvalue weighted by Gasteiger charge is -2.06. The Balaban J connectivity index is 1.73. The average Bonchev–Trinajstić information content (AvgIpc) is 2.57. The van der Waals surface area contributed by atoms with Crippen molar-refractivity contribution in [1.29, 1.82) is 0 Å². The van der Waals surface area contributed by atoms with Crippen LogP contribution < -0.4 is 5.32 Å². The smallest absolute Gasteiger partial charge is 0.255 e. The van der Waals surface area contributed by atoms with Crippen molar-refractivity contribution >= 4 is 23.2 Å².